The lowest BCUT2D eigenvalue weighted by molar-refractivity contribution is -0.115. The Morgan fingerprint density at radius 1 is 1.24 bits per heavy atom. The fraction of sp³-hybridized carbons (Fsp3) is 0.133. The Bertz CT molecular complexity index is 768. The zero-order chi connectivity index (χ0) is 14.7. The number of hydrogen-bond donors (Lipinski definition) is 1. The van der Waals surface area contributed by atoms with E-state index in [-0.39, 0.29) is 11.9 Å². The first-order chi connectivity index (χ1) is 10.2. The van der Waals surface area contributed by atoms with Gasteiger partial charge in [0.15, 0.2) is 5.65 Å². The van der Waals surface area contributed by atoms with E-state index < -0.39 is 0 Å². The summed E-state index contributed by atoms with van der Waals surface area (Å²) in [7, 11) is 1.58. The number of carbonyl (C=O) groups is 1. The van der Waals surface area contributed by atoms with E-state index in [1.807, 2.05) is 30.3 Å². The molecule has 0 bridgehead atoms. The standard InChI is InChI=1S/C15H14N4O2/c1-21-12-7-8-13-16-15(18-19(13)10-12)17-14(20)9-11-5-3-2-4-6-11/h2-8,10H,9H2,1H3,(H,17,18,20). The Kier molecular flexibility index (Phi) is 3.51. The van der Waals surface area contributed by atoms with E-state index >= 15 is 0 Å². The number of benzene rings is 1. The minimum atomic E-state index is -0.149. The fourth-order valence-electron chi connectivity index (χ4n) is 1.99. The molecule has 3 rings (SSSR count). The van der Waals surface area contributed by atoms with Crippen molar-refractivity contribution < 1.29 is 9.53 Å². The van der Waals surface area contributed by atoms with Gasteiger partial charge in [-0.25, -0.2) is 4.52 Å². The quantitative estimate of drug-likeness (QED) is 0.793. The van der Waals surface area contributed by atoms with Crippen LogP contribution in [-0.4, -0.2) is 27.6 Å². The van der Waals surface area contributed by atoms with Crippen LogP contribution in [0.2, 0.25) is 0 Å². The van der Waals surface area contributed by atoms with Gasteiger partial charge in [0.2, 0.25) is 11.9 Å². The molecule has 0 aliphatic carbocycles. The van der Waals surface area contributed by atoms with Gasteiger partial charge >= 0.3 is 0 Å². The molecule has 6 heteroatoms. The Balaban J connectivity index is 1.74. The van der Waals surface area contributed by atoms with Crippen LogP contribution in [0.1, 0.15) is 5.56 Å². The maximum atomic E-state index is 12.0. The molecule has 1 aromatic carbocycles. The van der Waals surface area contributed by atoms with Crippen LogP contribution in [0.3, 0.4) is 0 Å². The van der Waals surface area contributed by atoms with Crippen molar-refractivity contribution in [3.8, 4) is 5.75 Å². The number of rotatable bonds is 4. The van der Waals surface area contributed by atoms with Crippen molar-refractivity contribution in [3.63, 3.8) is 0 Å². The molecule has 0 fully saturated rings. The number of nitrogens with one attached hydrogen (secondary N) is 1. The number of carbonyl (C=O) groups excluding carboxylic acids is 1. The van der Waals surface area contributed by atoms with Crippen molar-refractivity contribution in [2.45, 2.75) is 6.42 Å². The van der Waals surface area contributed by atoms with Gasteiger partial charge in [-0.2, -0.15) is 4.98 Å². The van der Waals surface area contributed by atoms with Crippen LogP contribution >= 0.6 is 0 Å². The number of hydrogen-bond acceptors (Lipinski definition) is 4. The highest BCUT2D eigenvalue weighted by atomic mass is 16.5. The second kappa shape index (κ2) is 5.62. The molecule has 6 nitrogen and oxygen atoms in total. The van der Waals surface area contributed by atoms with E-state index in [0.717, 1.165) is 5.56 Å². The molecule has 106 valence electrons. The van der Waals surface area contributed by atoms with Crippen LogP contribution in [0.15, 0.2) is 48.7 Å². The number of amides is 1. The Hall–Kier alpha value is -2.89. The number of methoxy groups -OCH3 is 1. The summed E-state index contributed by atoms with van der Waals surface area (Å²) in [5, 5.41) is 6.89. The third-order valence-corrected chi connectivity index (χ3v) is 3.00. The lowest BCUT2D eigenvalue weighted by atomic mass is 10.1. The summed E-state index contributed by atoms with van der Waals surface area (Å²) >= 11 is 0. The first kappa shape index (κ1) is 13.1. The first-order valence-corrected chi connectivity index (χ1v) is 6.49. The van der Waals surface area contributed by atoms with E-state index in [1.165, 1.54) is 0 Å². The van der Waals surface area contributed by atoms with Crippen molar-refractivity contribution >= 4 is 17.5 Å². The SMILES string of the molecule is COc1ccc2nc(NC(=O)Cc3ccccc3)nn2c1. The molecule has 21 heavy (non-hydrogen) atoms. The van der Waals surface area contributed by atoms with Crippen molar-refractivity contribution in [1.82, 2.24) is 14.6 Å². The molecule has 0 saturated carbocycles. The molecule has 0 unspecified atom stereocenters. The van der Waals surface area contributed by atoms with Gasteiger partial charge in [-0.05, 0) is 17.7 Å². The fourth-order valence-corrected chi connectivity index (χ4v) is 1.99. The van der Waals surface area contributed by atoms with Gasteiger partial charge < -0.3 is 4.74 Å². The van der Waals surface area contributed by atoms with Crippen molar-refractivity contribution in [2.75, 3.05) is 12.4 Å². The molecule has 0 spiro atoms. The third-order valence-electron chi connectivity index (χ3n) is 3.00. The average molecular weight is 282 g/mol. The van der Waals surface area contributed by atoms with Crippen molar-refractivity contribution in [1.29, 1.82) is 0 Å². The molecule has 0 aliphatic heterocycles. The molecule has 3 aromatic rings. The van der Waals surface area contributed by atoms with Crippen LogP contribution in [0.25, 0.3) is 5.65 Å². The normalized spacial score (nSPS) is 10.5. The monoisotopic (exact) mass is 282 g/mol. The van der Waals surface area contributed by atoms with E-state index in [2.05, 4.69) is 15.4 Å². The third kappa shape index (κ3) is 3.00. The first-order valence-electron chi connectivity index (χ1n) is 6.49. The zero-order valence-electron chi connectivity index (χ0n) is 11.5. The van der Waals surface area contributed by atoms with Gasteiger partial charge in [-0.15, -0.1) is 5.10 Å². The Morgan fingerprint density at radius 2 is 2.05 bits per heavy atom. The summed E-state index contributed by atoms with van der Waals surface area (Å²) < 4.78 is 6.68. The molecule has 1 N–H and O–H groups in total. The molecular weight excluding hydrogens is 268 g/mol. The largest absolute Gasteiger partial charge is 0.495 e. The molecule has 0 radical (unpaired) electrons. The number of pyridine rings is 1. The van der Waals surface area contributed by atoms with Crippen LogP contribution in [-0.2, 0) is 11.2 Å². The van der Waals surface area contributed by atoms with Gasteiger partial charge in [0, 0.05) is 0 Å². The minimum absolute atomic E-state index is 0.149. The highest BCUT2D eigenvalue weighted by Crippen LogP contribution is 2.13. The number of aromatic nitrogens is 3. The summed E-state index contributed by atoms with van der Waals surface area (Å²) in [5.74, 6) is 0.808. The highest BCUT2D eigenvalue weighted by Gasteiger charge is 2.09. The summed E-state index contributed by atoms with van der Waals surface area (Å²) in [4.78, 5) is 16.2. The second-order valence-electron chi connectivity index (χ2n) is 4.52. The molecule has 1 amide bonds. The molecule has 0 atom stereocenters. The minimum Gasteiger partial charge on any atom is -0.495 e. The molecule has 0 aliphatic rings. The summed E-state index contributed by atoms with van der Waals surface area (Å²) in [5.41, 5.74) is 1.59. The Morgan fingerprint density at radius 3 is 2.81 bits per heavy atom. The number of ether oxygens (including phenoxy) is 1. The second-order valence-corrected chi connectivity index (χ2v) is 4.52. The lowest BCUT2D eigenvalue weighted by Gasteiger charge is -2.00. The number of fused-ring (bicyclic) bond motifs is 1. The van der Waals surface area contributed by atoms with E-state index in [0.29, 0.717) is 17.8 Å². The van der Waals surface area contributed by atoms with Gasteiger partial charge in [-0.1, -0.05) is 30.3 Å². The molecule has 2 heterocycles. The highest BCUT2D eigenvalue weighted by molar-refractivity contribution is 5.90. The van der Waals surface area contributed by atoms with Crippen LogP contribution in [0.4, 0.5) is 5.95 Å². The van der Waals surface area contributed by atoms with E-state index in [4.69, 9.17) is 4.74 Å². The van der Waals surface area contributed by atoms with Gasteiger partial charge in [0.05, 0.1) is 19.7 Å². The van der Waals surface area contributed by atoms with Crippen LogP contribution in [0, 0.1) is 0 Å². The number of anilines is 1. The predicted molar refractivity (Wildman–Crippen MR) is 78.3 cm³/mol. The predicted octanol–water partition coefficient (Wildman–Crippen LogP) is 1.92. The van der Waals surface area contributed by atoms with Crippen molar-refractivity contribution in [2.24, 2.45) is 0 Å². The van der Waals surface area contributed by atoms with Gasteiger partial charge in [0.25, 0.3) is 0 Å². The summed E-state index contributed by atoms with van der Waals surface area (Å²) in [6, 6.07) is 13.1. The van der Waals surface area contributed by atoms with Gasteiger partial charge in [0.1, 0.15) is 5.75 Å². The van der Waals surface area contributed by atoms with Crippen molar-refractivity contribution in [3.05, 3.63) is 54.2 Å². The maximum absolute atomic E-state index is 12.0. The smallest absolute Gasteiger partial charge is 0.249 e. The van der Waals surface area contributed by atoms with E-state index in [9.17, 15) is 4.79 Å². The van der Waals surface area contributed by atoms with Crippen LogP contribution < -0.4 is 10.1 Å². The maximum Gasteiger partial charge on any atom is 0.249 e. The van der Waals surface area contributed by atoms with Crippen LogP contribution in [0.5, 0.6) is 5.75 Å². The topological polar surface area (TPSA) is 68.5 Å². The Labute approximate surface area is 121 Å². The average Bonchev–Trinajstić information content (AvgIpc) is 2.89. The lowest BCUT2D eigenvalue weighted by Crippen LogP contribution is -2.15. The summed E-state index contributed by atoms with van der Waals surface area (Å²) in [6.45, 7) is 0. The molecular formula is C15H14N4O2. The molecule has 2 aromatic heterocycles. The van der Waals surface area contributed by atoms with E-state index in [1.54, 1.807) is 30.0 Å². The summed E-state index contributed by atoms with van der Waals surface area (Å²) in [6.07, 6.45) is 1.99. The van der Waals surface area contributed by atoms with Gasteiger partial charge in [-0.3, -0.25) is 10.1 Å². The number of nitrogens with zero attached hydrogens (tertiary/aromatic N) is 3. The molecule has 0 saturated heterocycles. The zero-order valence-corrected chi connectivity index (χ0v) is 11.5.